The quantitative estimate of drug-likeness (QED) is 0.577. The van der Waals surface area contributed by atoms with Crippen LogP contribution in [0.3, 0.4) is 0 Å². The average Bonchev–Trinajstić information content (AvgIpc) is 2.90. The smallest absolute Gasteiger partial charge is 0.328 e. The van der Waals surface area contributed by atoms with Crippen molar-refractivity contribution in [2.24, 2.45) is 0 Å². The minimum absolute atomic E-state index is 0.116. The summed E-state index contributed by atoms with van der Waals surface area (Å²) in [5.74, 6) is -0.116. The third-order valence-corrected chi connectivity index (χ3v) is 3.80. The van der Waals surface area contributed by atoms with Gasteiger partial charge in [-0.05, 0) is 18.1 Å². The molecule has 3 heteroatoms. The minimum atomic E-state index is -0.201. The van der Waals surface area contributed by atoms with Gasteiger partial charge in [0.15, 0.2) is 0 Å². The summed E-state index contributed by atoms with van der Waals surface area (Å²) in [5.41, 5.74) is 2.27. The molecular formula is C17H25NO2. The third kappa shape index (κ3) is 4.26. The van der Waals surface area contributed by atoms with E-state index in [1.807, 2.05) is 18.2 Å². The number of ether oxygens (including phenoxy) is 1. The SMILES string of the molecule is CCCCCCCCOC(=O)[C@@H]1Cc2ccccc2N1. The molecule has 0 amide bonds. The molecule has 20 heavy (non-hydrogen) atoms. The summed E-state index contributed by atoms with van der Waals surface area (Å²) in [7, 11) is 0. The molecule has 1 aromatic carbocycles. The van der Waals surface area contributed by atoms with E-state index in [4.69, 9.17) is 4.74 Å². The van der Waals surface area contributed by atoms with Crippen molar-refractivity contribution < 1.29 is 9.53 Å². The predicted octanol–water partition coefficient (Wildman–Crippen LogP) is 3.93. The average molecular weight is 275 g/mol. The van der Waals surface area contributed by atoms with Crippen molar-refractivity contribution in [2.45, 2.75) is 57.9 Å². The molecule has 2 rings (SSSR count). The minimum Gasteiger partial charge on any atom is -0.464 e. The number of hydrogen-bond donors (Lipinski definition) is 1. The lowest BCUT2D eigenvalue weighted by Crippen LogP contribution is -2.29. The van der Waals surface area contributed by atoms with Gasteiger partial charge in [-0.3, -0.25) is 0 Å². The van der Waals surface area contributed by atoms with Crippen molar-refractivity contribution in [1.29, 1.82) is 0 Å². The maximum Gasteiger partial charge on any atom is 0.328 e. The van der Waals surface area contributed by atoms with Gasteiger partial charge in [-0.25, -0.2) is 4.79 Å². The van der Waals surface area contributed by atoms with Crippen LogP contribution < -0.4 is 5.32 Å². The second-order valence-electron chi connectivity index (χ2n) is 5.49. The molecule has 0 aliphatic carbocycles. The van der Waals surface area contributed by atoms with Crippen molar-refractivity contribution >= 4 is 11.7 Å². The van der Waals surface area contributed by atoms with E-state index in [0.717, 1.165) is 24.9 Å². The highest BCUT2D eigenvalue weighted by atomic mass is 16.5. The van der Waals surface area contributed by atoms with Crippen molar-refractivity contribution in [3.63, 3.8) is 0 Å². The highest BCUT2D eigenvalue weighted by molar-refractivity contribution is 5.82. The molecule has 110 valence electrons. The number of para-hydroxylation sites is 1. The van der Waals surface area contributed by atoms with Crippen LogP contribution in [0.15, 0.2) is 24.3 Å². The fourth-order valence-electron chi connectivity index (χ4n) is 2.60. The number of nitrogens with one attached hydrogen (secondary N) is 1. The van der Waals surface area contributed by atoms with E-state index in [0.29, 0.717) is 6.61 Å². The molecule has 1 aliphatic heterocycles. The molecule has 0 fully saturated rings. The standard InChI is InChI=1S/C17H25NO2/c1-2-3-4-5-6-9-12-20-17(19)16-13-14-10-7-8-11-15(14)18-16/h7-8,10-11,16,18H,2-6,9,12-13H2,1H3/t16-/m0/s1. The largest absolute Gasteiger partial charge is 0.464 e. The van der Waals surface area contributed by atoms with Crippen LogP contribution in [-0.4, -0.2) is 18.6 Å². The normalized spacial score (nSPS) is 16.6. The van der Waals surface area contributed by atoms with Gasteiger partial charge in [-0.1, -0.05) is 57.2 Å². The van der Waals surface area contributed by atoms with E-state index in [1.54, 1.807) is 0 Å². The van der Waals surface area contributed by atoms with Crippen LogP contribution in [0.4, 0.5) is 5.69 Å². The molecule has 0 radical (unpaired) electrons. The highest BCUT2D eigenvalue weighted by Crippen LogP contribution is 2.25. The number of carbonyl (C=O) groups is 1. The topological polar surface area (TPSA) is 38.3 Å². The molecule has 1 heterocycles. The Hall–Kier alpha value is -1.51. The van der Waals surface area contributed by atoms with Gasteiger partial charge in [-0.15, -0.1) is 0 Å². The summed E-state index contributed by atoms with van der Waals surface area (Å²) in [4.78, 5) is 12.0. The number of anilines is 1. The van der Waals surface area contributed by atoms with Crippen LogP contribution in [-0.2, 0) is 16.0 Å². The lowest BCUT2D eigenvalue weighted by atomic mass is 10.1. The number of carbonyl (C=O) groups excluding carboxylic acids is 1. The summed E-state index contributed by atoms with van der Waals surface area (Å²) in [6.45, 7) is 2.77. The maximum atomic E-state index is 12.0. The molecule has 1 aliphatic rings. The van der Waals surface area contributed by atoms with Crippen LogP contribution in [0.5, 0.6) is 0 Å². The number of rotatable bonds is 8. The maximum absolute atomic E-state index is 12.0. The first kappa shape index (κ1) is 14.9. The first-order chi connectivity index (χ1) is 9.81. The zero-order chi connectivity index (χ0) is 14.2. The molecule has 0 saturated heterocycles. The van der Waals surface area contributed by atoms with Crippen LogP contribution in [0.25, 0.3) is 0 Å². The molecule has 1 atom stereocenters. The van der Waals surface area contributed by atoms with Gasteiger partial charge in [0, 0.05) is 12.1 Å². The lowest BCUT2D eigenvalue weighted by molar-refractivity contribution is -0.144. The summed E-state index contributed by atoms with van der Waals surface area (Å²) >= 11 is 0. The van der Waals surface area contributed by atoms with Crippen LogP contribution in [0.1, 0.15) is 51.0 Å². The molecule has 0 bridgehead atoms. The second kappa shape index (κ2) is 7.93. The van der Waals surface area contributed by atoms with Gasteiger partial charge in [0.05, 0.1) is 6.61 Å². The number of fused-ring (bicyclic) bond motifs is 1. The molecule has 1 aromatic rings. The van der Waals surface area contributed by atoms with Gasteiger partial charge in [-0.2, -0.15) is 0 Å². The van der Waals surface area contributed by atoms with Gasteiger partial charge < -0.3 is 10.1 Å². The third-order valence-electron chi connectivity index (χ3n) is 3.80. The zero-order valence-electron chi connectivity index (χ0n) is 12.4. The molecule has 0 aromatic heterocycles. The second-order valence-corrected chi connectivity index (χ2v) is 5.49. The van der Waals surface area contributed by atoms with Crippen molar-refractivity contribution in [3.05, 3.63) is 29.8 Å². The van der Waals surface area contributed by atoms with Gasteiger partial charge in [0.2, 0.25) is 0 Å². The number of unbranched alkanes of at least 4 members (excludes halogenated alkanes) is 5. The first-order valence-electron chi connectivity index (χ1n) is 7.82. The van der Waals surface area contributed by atoms with E-state index in [-0.39, 0.29) is 12.0 Å². The Labute approximate surface area is 121 Å². The van der Waals surface area contributed by atoms with Crippen molar-refractivity contribution in [3.8, 4) is 0 Å². The Kier molecular flexibility index (Phi) is 5.90. The molecule has 1 N–H and O–H groups in total. The summed E-state index contributed by atoms with van der Waals surface area (Å²) in [6, 6.07) is 7.85. The summed E-state index contributed by atoms with van der Waals surface area (Å²) < 4.78 is 5.36. The molecular weight excluding hydrogens is 250 g/mol. The van der Waals surface area contributed by atoms with Gasteiger partial charge >= 0.3 is 5.97 Å². The van der Waals surface area contributed by atoms with E-state index < -0.39 is 0 Å². The van der Waals surface area contributed by atoms with E-state index >= 15 is 0 Å². The van der Waals surface area contributed by atoms with Crippen LogP contribution in [0.2, 0.25) is 0 Å². The van der Waals surface area contributed by atoms with Gasteiger partial charge in [0.1, 0.15) is 6.04 Å². The van der Waals surface area contributed by atoms with Crippen molar-refractivity contribution in [2.75, 3.05) is 11.9 Å². The number of benzene rings is 1. The Morgan fingerprint density at radius 2 is 1.95 bits per heavy atom. The predicted molar refractivity (Wildman–Crippen MR) is 81.9 cm³/mol. The Balaban J connectivity index is 1.60. The summed E-state index contributed by atoms with van der Waals surface area (Å²) in [6.07, 6.45) is 8.00. The van der Waals surface area contributed by atoms with E-state index in [2.05, 4.69) is 18.3 Å². The fourth-order valence-corrected chi connectivity index (χ4v) is 2.60. The Morgan fingerprint density at radius 1 is 1.20 bits per heavy atom. The van der Waals surface area contributed by atoms with Crippen LogP contribution >= 0.6 is 0 Å². The highest BCUT2D eigenvalue weighted by Gasteiger charge is 2.27. The van der Waals surface area contributed by atoms with Gasteiger partial charge in [0.25, 0.3) is 0 Å². The van der Waals surface area contributed by atoms with Crippen LogP contribution in [0, 0.1) is 0 Å². The number of hydrogen-bond acceptors (Lipinski definition) is 3. The molecule has 0 saturated carbocycles. The Bertz CT molecular complexity index is 406. The van der Waals surface area contributed by atoms with Crippen molar-refractivity contribution in [1.82, 2.24) is 0 Å². The van der Waals surface area contributed by atoms with E-state index in [1.165, 1.54) is 31.2 Å². The lowest BCUT2D eigenvalue weighted by Gasteiger charge is -2.11. The first-order valence-corrected chi connectivity index (χ1v) is 7.82. The van der Waals surface area contributed by atoms with E-state index in [9.17, 15) is 4.79 Å². The number of esters is 1. The molecule has 0 unspecified atom stereocenters. The Morgan fingerprint density at radius 3 is 2.75 bits per heavy atom. The molecule has 3 nitrogen and oxygen atoms in total. The summed E-state index contributed by atoms with van der Waals surface area (Å²) in [5, 5.41) is 3.23. The fraction of sp³-hybridized carbons (Fsp3) is 0.588. The molecule has 0 spiro atoms. The zero-order valence-corrected chi connectivity index (χ0v) is 12.4. The monoisotopic (exact) mass is 275 g/mol.